The topological polar surface area (TPSA) is 139 Å². The minimum atomic E-state index is -0.781. The van der Waals surface area contributed by atoms with Gasteiger partial charge in [0, 0.05) is 31.0 Å². The number of aromatic amines is 1. The molecule has 1 aliphatic heterocycles. The Morgan fingerprint density at radius 1 is 1.13 bits per heavy atom. The minimum absolute atomic E-state index is 0.108. The van der Waals surface area contributed by atoms with Crippen molar-refractivity contribution in [3.05, 3.63) is 54.6 Å². The number of aromatic nitrogens is 2. The summed E-state index contributed by atoms with van der Waals surface area (Å²) in [4.78, 5) is 66.4. The second-order valence-corrected chi connectivity index (χ2v) is 8.07. The molecule has 11 heteroatoms. The van der Waals surface area contributed by atoms with Gasteiger partial charge in [0.05, 0.1) is 11.1 Å². The molecule has 0 fully saturated rings. The lowest BCUT2D eigenvalue weighted by Gasteiger charge is -2.21. The number of hydrogen-bond donors (Lipinski definition) is 2. The van der Waals surface area contributed by atoms with Crippen LogP contribution >= 0.6 is 15.9 Å². The number of unbranched alkanes of at least 4 members (excludes halogenated alkanes) is 1. The van der Waals surface area contributed by atoms with Gasteiger partial charge in [-0.1, -0.05) is 29.3 Å². The fourth-order valence-electron chi connectivity index (χ4n) is 3.41. The zero-order chi connectivity index (χ0) is 22.9. The largest absolute Gasteiger partial charge is 0.383 e. The molecule has 0 aliphatic carbocycles. The van der Waals surface area contributed by atoms with Gasteiger partial charge in [-0.15, -0.1) is 0 Å². The maximum absolute atomic E-state index is 12.7. The molecule has 0 saturated heterocycles. The van der Waals surface area contributed by atoms with E-state index in [-0.39, 0.29) is 35.6 Å². The van der Waals surface area contributed by atoms with E-state index in [0.717, 1.165) is 16.2 Å². The van der Waals surface area contributed by atoms with Crippen molar-refractivity contribution in [2.24, 2.45) is 0 Å². The van der Waals surface area contributed by atoms with Crippen LogP contribution in [0.4, 0.5) is 11.5 Å². The number of rotatable bonds is 7. The van der Waals surface area contributed by atoms with E-state index in [4.69, 9.17) is 5.73 Å². The van der Waals surface area contributed by atoms with Crippen molar-refractivity contribution < 1.29 is 14.4 Å². The number of carbonyl (C=O) groups is 3. The number of nitrogen functional groups attached to an aromatic ring is 1. The Bertz CT molecular complexity index is 1190. The lowest BCUT2D eigenvalue weighted by Crippen LogP contribution is -2.40. The third-order valence-corrected chi connectivity index (χ3v) is 5.63. The maximum Gasteiger partial charge on any atom is 0.330 e. The second kappa shape index (κ2) is 8.88. The van der Waals surface area contributed by atoms with Gasteiger partial charge in [0.15, 0.2) is 5.69 Å². The molecule has 0 atom stereocenters. The summed E-state index contributed by atoms with van der Waals surface area (Å²) in [5.41, 5.74) is 5.00. The van der Waals surface area contributed by atoms with Crippen LogP contribution in [0.5, 0.6) is 0 Å². The van der Waals surface area contributed by atoms with E-state index in [9.17, 15) is 24.0 Å². The first-order valence-electron chi connectivity index (χ1n) is 9.72. The van der Waals surface area contributed by atoms with Gasteiger partial charge in [0.25, 0.3) is 17.4 Å². The molecule has 0 saturated carbocycles. The predicted octanol–water partition coefficient (Wildman–Crippen LogP) is 1.33. The Morgan fingerprint density at radius 2 is 1.81 bits per heavy atom. The molecular formula is C20H22BrN5O5. The number of imide groups is 1. The molecule has 3 amide bonds. The van der Waals surface area contributed by atoms with E-state index in [1.165, 1.54) is 11.6 Å². The van der Waals surface area contributed by atoms with Crippen LogP contribution in [0.2, 0.25) is 0 Å². The highest BCUT2D eigenvalue weighted by molar-refractivity contribution is 9.10. The molecule has 3 N–H and O–H groups in total. The Balaban J connectivity index is 1.78. The van der Waals surface area contributed by atoms with Crippen molar-refractivity contribution in [3.63, 3.8) is 0 Å². The molecule has 1 aromatic heterocycles. The van der Waals surface area contributed by atoms with Crippen molar-refractivity contribution in [1.82, 2.24) is 14.5 Å². The first kappa shape index (κ1) is 22.5. The zero-order valence-electron chi connectivity index (χ0n) is 17.1. The average Bonchev–Trinajstić information content (AvgIpc) is 2.95. The van der Waals surface area contributed by atoms with E-state index in [2.05, 4.69) is 20.9 Å². The summed E-state index contributed by atoms with van der Waals surface area (Å²) < 4.78 is 1.88. The number of nitrogens with zero attached hydrogens (tertiary/aromatic N) is 3. The zero-order valence-corrected chi connectivity index (χ0v) is 18.7. The highest BCUT2D eigenvalue weighted by atomic mass is 79.9. The summed E-state index contributed by atoms with van der Waals surface area (Å²) in [6, 6.07) is 4.77. The molecular weight excluding hydrogens is 470 g/mol. The van der Waals surface area contributed by atoms with Crippen molar-refractivity contribution >= 4 is 45.2 Å². The monoisotopic (exact) mass is 491 g/mol. The molecule has 0 radical (unpaired) electrons. The van der Waals surface area contributed by atoms with Crippen LogP contribution < -0.4 is 21.9 Å². The van der Waals surface area contributed by atoms with Crippen molar-refractivity contribution in [1.29, 1.82) is 0 Å². The van der Waals surface area contributed by atoms with Gasteiger partial charge in [-0.05, 0) is 24.6 Å². The summed E-state index contributed by atoms with van der Waals surface area (Å²) in [7, 11) is 1.36. The Morgan fingerprint density at radius 3 is 2.48 bits per heavy atom. The van der Waals surface area contributed by atoms with Crippen LogP contribution in [0.15, 0.2) is 32.3 Å². The number of benzene rings is 1. The molecule has 3 rings (SSSR count). The number of nitrogens with two attached hydrogens (primary N) is 1. The number of amides is 3. The fraction of sp³-hybridized carbons (Fsp3) is 0.350. The normalized spacial score (nSPS) is 12.9. The highest BCUT2D eigenvalue weighted by Crippen LogP contribution is 2.26. The van der Waals surface area contributed by atoms with Crippen molar-refractivity contribution in [2.45, 2.75) is 32.7 Å². The average molecular weight is 492 g/mol. The quantitative estimate of drug-likeness (QED) is 0.560. The number of hydrogen-bond acceptors (Lipinski definition) is 6. The fourth-order valence-corrected chi connectivity index (χ4v) is 3.77. The van der Waals surface area contributed by atoms with Crippen LogP contribution in [0, 0.1) is 0 Å². The third kappa shape index (κ3) is 4.18. The molecule has 0 bridgehead atoms. The van der Waals surface area contributed by atoms with Crippen LogP contribution in [-0.4, -0.2) is 45.8 Å². The van der Waals surface area contributed by atoms with Gasteiger partial charge < -0.3 is 10.6 Å². The van der Waals surface area contributed by atoms with Crippen molar-refractivity contribution in [2.75, 3.05) is 24.2 Å². The molecule has 1 aromatic carbocycles. The van der Waals surface area contributed by atoms with E-state index < -0.39 is 29.0 Å². The van der Waals surface area contributed by atoms with Gasteiger partial charge in [-0.2, -0.15) is 0 Å². The Labute approximate surface area is 185 Å². The SMILES string of the molecule is CCCCn1c(N)c(N(C)C(=O)CCN2C(=O)c3ccc(Br)cc3C2=O)c(=O)[nH]c1=O. The summed E-state index contributed by atoms with van der Waals surface area (Å²) in [6.07, 6.45) is 1.27. The summed E-state index contributed by atoms with van der Waals surface area (Å²) in [6.45, 7) is 2.10. The van der Waals surface area contributed by atoms with Crippen LogP contribution in [0.25, 0.3) is 0 Å². The highest BCUT2D eigenvalue weighted by Gasteiger charge is 2.36. The third-order valence-electron chi connectivity index (χ3n) is 5.14. The lowest BCUT2D eigenvalue weighted by molar-refractivity contribution is -0.118. The number of nitrogens with one attached hydrogen (secondary N) is 1. The van der Waals surface area contributed by atoms with E-state index in [0.29, 0.717) is 17.4 Å². The predicted molar refractivity (Wildman–Crippen MR) is 118 cm³/mol. The summed E-state index contributed by atoms with van der Waals surface area (Å²) in [5.74, 6) is -1.60. The van der Waals surface area contributed by atoms with Crippen LogP contribution in [0.1, 0.15) is 46.9 Å². The van der Waals surface area contributed by atoms with Crippen LogP contribution in [-0.2, 0) is 11.3 Å². The molecule has 10 nitrogen and oxygen atoms in total. The molecule has 164 valence electrons. The van der Waals surface area contributed by atoms with Gasteiger partial charge in [0.1, 0.15) is 5.82 Å². The van der Waals surface area contributed by atoms with E-state index in [1.807, 2.05) is 6.92 Å². The number of halogens is 1. The standard InChI is InChI=1S/C20H22BrN5O5/c1-3-4-8-25-16(22)15(17(28)23-20(25)31)24(2)14(27)7-9-26-18(29)12-6-5-11(21)10-13(12)19(26)30/h5-6,10H,3-4,7-9,22H2,1-2H3,(H,23,28,31). The minimum Gasteiger partial charge on any atom is -0.383 e. The number of H-pyrrole nitrogens is 1. The lowest BCUT2D eigenvalue weighted by atomic mass is 10.1. The van der Waals surface area contributed by atoms with Gasteiger partial charge in [-0.3, -0.25) is 33.6 Å². The Hall–Kier alpha value is -3.21. The van der Waals surface area contributed by atoms with E-state index in [1.54, 1.807) is 18.2 Å². The van der Waals surface area contributed by atoms with Gasteiger partial charge in [-0.25, -0.2) is 4.79 Å². The summed E-state index contributed by atoms with van der Waals surface area (Å²) >= 11 is 3.27. The summed E-state index contributed by atoms with van der Waals surface area (Å²) in [5, 5.41) is 0. The number of carbonyl (C=O) groups excluding carboxylic acids is 3. The molecule has 2 aromatic rings. The molecule has 1 aliphatic rings. The van der Waals surface area contributed by atoms with Gasteiger partial charge in [0.2, 0.25) is 5.91 Å². The molecule has 2 heterocycles. The molecule has 0 spiro atoms. The number of fused-ring (bicyclic) bond motifs is 1. The first-order valence-corrected chi connectivity index (χ1v) is 10.5. The Kier molecular flexibility index (Phi) is 6.44. The smallest absolute Gasteiger partial charge is 0.330 e. The molecule has 0 unspecified atom stereocenters. The molecule has 31 heavy (non-hydrogen) atoms. The van der Waals surface area contributed by atoms with Gasteiger partial charge >= 0.3 is 5.69 Å². The van der Waals surface area contributed by atoms with Crippen LogP contribution in [0.3, 0.4) is 0 Å². The maximum atomic E-state index is 12.7. The first-order chi connectivity index (χ1) is 14.7. The number of anilines is 2. The van der Waals surface area contributed by atoms with E-state index >= 15 is 0 Å². The van der Waals surface area contributed by atoms with Crippen molar-refractivity contribution in [3.8, 4) is 0 Å². The second-order valence-electron chi connectivity index (χ2n) is 7.15.